The van der Waals surface area contributed by atoms with Crippen molar-refractivity contribution >= 4 is 29.3 Å². The monoisotopic (exact) mass is 350 g/mol. The molecule has 3 rings (SSSR count). The first-order valence-corrected chi connectivity index (χ1v) is 8.52. The van der Waals surface area contributed by atoms with E-state index in [2.05, 4.69) is 15.0 Å². The molecule has 1 amide bonds. The molecule has 8 heteroatoms. The second kappa shape index (κ2) is 7.61. The van der Waals surface area contributed by atoms with Gasteiger partial charge >= 0.3 is 6.01 Å². The van der Waals surface area contributed by atoms with E-state index in [0.717, 1.165) is 11.3 Å². The number of halogens is 1. The smallest absolute Gasteiger partial charge is 0.316 e. The van der Waals surface area contributed by atoms with E-state index in [0.29, 0.717) is 29.9 Å². The quantitative estimate of drug-likeness (QED) is 0.771. The van der Waals surface area contributed by atoms with E-state index in [1.54, 1.807) is 12.4 Å². The number of amides is 1. The standard InChI is InChI=1S/C15H15ClN4O2S/c16-11-7-18-15(19-8-11)22-12-3-6-20(9-12)14(21)10-23-13-1-4-17-5-2-13/h1-2,4-5,7-8,12H,3,6,9-10H2. The lowest BCUT2D eigenvalue weighted by Crippen LogP contribution is -2.32. The number of hydrogen-bond acceptors (Lipinski definition) is 6. The molecule has 1 saturated heterocycles. The van der Waals surface area contributed by atoms with Crippen LogP contribution >= 0.6 is 23.4 Å². The summed E-state index contributed by atoms with van der Waals surface area (Å²) in [7, 11) is 0. The predicted molar refractivity (Wildman–Crippen MR) is 87.6 cm³/mol. The molecule has 6 nitrogen and oxygen atoms in total. The van der Waals surface area contributed by atoms with Crippen LogP contribution in [0.15, 0.2) is 41.8 Å². The molecule has 0 aliphatic carbocycles. The van der Waals surface area contributed by atoms with E-state index in [9.17, 15) is 4.79 Å². The van der Waals surface area contributed by atoms with Crippen LogP contribution in [0.3, 0.4) is 0 Å². The first-order chi connectivity index (χ1) is 11.2. The molecule has 0 bridgehead atoms. The molecular formula is C15H15ClN4O2S. The fourth-order valence-electron chi connectivity index (χ4n) is 2.23. The summed E-state index contributed by atoms with van der Waals surface area (Å²) in [5.74, 6) is 0.517. The molecule has 0 radical (unpaired) electrons. The van der Waals surface area contributed by atoms with Gasteiger partial charge in [0.25, 0.3) is 0 Å². The number of carbonyl (C=O) groups excluding carboxylic acids is 1. The third-order valence-corrected chi connectivity index (χ3v) is 4.57. The second-order valence-electron chi connectivity index (χ2n) is 5.02. The Morgan fingerprint density at radius 1 is 1.35 bits per heavy atom. The maximum atomic E-state index is 12.2. The molecule has 1 atom stereocenters. The fourth-order valence-corrected chi connectivity index (χ4v) is 3.12. The van der Waals surface area contributed by atoms with Crippen LogP contribution in [0.1, 0.15) is 6.42 Å². The molecule has 2 aromatic rings. The van der Waals surface area contributed by atoms with Crippen molar-refractivity contribution in [1.82, 2.24) is 19.9 Å². The van der Waals surface area contributed by atoms with Crippen LogP contribution in [0.25, 0.3) is 0 Å². The van der Waals surface area contributed by atoms with Crippen molar-refractivity contribution in [3.63, 3.8) is 0 Å². The third-order valence-electron chi connectivity index (χ3n) is 3.38. The first-order valence-electron chi connectivity index (χ1n) is 7.15. The van der Waals surface area contributed by atoms with Crippen LogP contribution in [-0.2, 0) is 4.79 Å². The predicted octanol–water partition coefficient (Wildman–Crippen LogP) is 2.30. The Labute approximate surface area is 143 Å². The molecule has 1 unspecified atom stereocenters. The summed E-state index contributed by atoms with van der Waals surface area (Å²) < 4.78 is 5.68. The number of pyridine rings is 1. The van der Waals surface area contributed by atoms with E-state index in [-0.39, 0.29) is 12.0 Å². The highest BCUT2D eigenvalue weighted by Crippen LogP contribution is 2.20. The normalized spacial score (nSPS) is 17.3. The summed E-state index contributed by atoms with van der Waals surface area (Å²) in [5.41, 5.74) is 0. The third kappa shape index (κ3) is 4.56. The Balaban J connectivity index is 1.47. The minimum absolute atomic E-state index is 0.0777. The van der Waals surface area contributed by atoms with Crippen LogP contribution in [0.4, 0.5) is 0 Å². The van der Waals surface area contributed by atoms with Crippen LogP contribution in [0, 0.1) is 0 Å². The van der Waals surface area contributed by atoms with Gasteiger partial charge in [-0.05, 0) is 12.1 Å². The average molecular weight is 351 g/mol. The summed E-state index contributed by atoms with van der Waals surface area (Å²) in [4.78, 5) is 27.1. The molecule has 23 heavy (non-hydrogen) atoms. The van der Waals surface area contributed by atoms with Crippen molar-refractivity contribution in [3.8, 4) is 6.01 Å². The minimum Gasteiger partial charge on any atom is -0.458 e. The number of carbonyl (C=O) groups is 1. The average Bonchev–Trinajstić information content (AvgIpc) is 3.04. The highest BCUT2D eigenvalue weighted by atomic mass is 35.5. The van der Waals surface area contributed by atoms with Gasteiger partial charge in [0.2, 0.25) is 5.91 Å². The molecule has 0 spiro atoms. The Morgan fingerprint density at radius 2 is 2.09 bits per heavy atom. The van der Waals surface area contributed by atoms with Gasteiger partial charge in [0, 0.05) is 30.3 Å². The van der Waals surface area contributed by atoms with Crippen molar-refractivity contribution in [2.75, 3.05) is 18.8 Å². The number of hydrogen-bond donors (Lipinski definition) is 0. The Morgan fingerprint density at radius 3 is 2.83 bits per heavy atom. The van der Waals surface area contributed by atoms with E-state index in [4.69, 9.17) is 16.3 Å². The lowest BCUT2D eigenvalue weighted by molar-refractivity contribution is -0.127. The van der Waals surface area contributed by atoms with Gasteiger partial charge in [-0.2, -0.15) is 0 Å². The van der Waals surface area contributed by atoms with E-state index in [1.165, 1.54) is 24.2 Å². The van der Waals surface area contributed by atoms with E-state index >= 15 is 0 Å². The minimum atomic E-state index is -0.0777. The molecule has 0 aromatic carbocycles. The van der Waals surface area contributed by atoms with Gasteiger partial charge in [-0.3, -0.25) is 9.78 Å². The lowest BCUT2D eigenvalue weighted by atomic mass is 10.3. The van der Waals surface area contributed by atoms with Crippen molar-refractivity contribution in [1.29, 1.82) is 0 Å². The highest BCUT2D eigenvalue weighted by Gasteiger charge is 2.28. The Kier molecular flexibility index (Phi) is 5.30. The molecule has 120 valence electrons. The number of thioether (sulfide) groups is 1. The SMILES string of the molecule is O=C(CSc1ccncc1)N1CCC(Oc2ncc(Cl)cn2)C1. The molecule has 2 aromatic heterocycles. The summed E-state index contributed by atoms with van der Waals surface area (Å²) >= 11 is 7.25. The van der Waals surface area contributed by atoms with Gasteiger partial charge < -0.3 is 9.64 Å². The molecule has 1 aliphatic rings. The van der Waals surface area contributed by atoms with Crippen LogP contribution in [0.2, 0.25) is 5.02 Å². The number of aromatic nitrogens is 3. The van der Waals surface area contributed by atoms with Crippen LogP contribution in [0.5, 0.6) is 6.01 Å². The summed E-state index contributed by atoms with van der Waals surface area (Å²) in [5, 5.41) is 0.466. The van der Waals surface area contributed by atoms with Crippen LogP contribution in [-0.4, -0.2) is 50.7 Å². The Hall–Kier alpha value is -1.86. The number of rotatable bonds is 5. The fraction of sp³-hybridized carbons (Fsp3) is 0.333. The van der Waals surface area contributed by atoms with Gasteiger partial charge in [-0.15, -0.1) is 11.8 Å². The molecular weight excluding hydrogens is 336 g/mol. The van der Waals surface area contributed by atoms with Gasteiger partial charge in [-0.25, -0.2) is 9.97 Å². The van der Waals surface area contributed by atoms with Gasteiger partial charge in [-0.1, -0.05) is 11.6 Å². The maximum Gasteiger partial charge on any atom is 0.316 e. The van der Waals surface area contributed by atoms with Crippen molar-refractivity contribution < 1.29 is 9.53 Å². The van der Waals surface area contributed by atoms with Gasteiger partial charge in [0.05, 0.1) is 29.7 Å². The molecule has 0 saturated carbocycles. The summed E-state index contributed by atoms with van der Waals surface area (Å²) in [6.45, 7) is 1.25. The number of ether oxygens (including phenoxy) is 1. The summed E-state index contributed by atoms with van der Waals surface area (Å²) in [6, 6.07) is 4.08. The van der Waals surface area contributed by atoms with Crippen molar-refractivity contribution in [2.24, 2.45) is 0 Å². The molecule has 1 aliphatic heterocycles. The zero-order valence-electron chi connectivity index (χ0n) is 12.3. The largest absolute Gasteiger partial charge is 0.458 e. The molecule has 0 N–H and O–H groups in total. The Bertz CT molecular complexity index is 656. The van der Waals surface area contributed by atoms with E-state index in [1.807, 2.05) is 17.0 Å². The zero-order chi connectivity index (χ0) is 16.1. The van der Waals surface area contributed by atoms with Gasteiger partial charge in [0.1, 0.15) is 6.10 Å². The van der Waals surface area contributed by atoms with Crippen LogP contribution < -0.4 is 4.74 Å². The second-order valence-corrected chi connectivity index (χ2v) is 6.51. The topological polar surface area (TPSA) is 68.2 Å². The van der Waals surface area contributed by atoms with Crippen molar-refractivity contribution in [3.05, 3.63) is 41.9 Å². The summed E-state index contributed by atoms with van der Waals surface area (Å²) in [6.07, 6.45) is 7.13. The maximum absolute atomic E-state index is 12.2. The molecule has 1 fully saturated rings. The number of nitrogens with zero attached hydrogens (tertiary/aromatic N) is 4. The van der Waals surface area contributed by atoms with Crippen molar-refractivity contribution in [2.45, 2.75) is 17.4 Å². The van der Waals surface area contributed by atoms with Gasteiger partial charge in [0.15, 0.2) is 0 Å². The lowest BCUT2D eigenvalue weighted by Gasteiger charge is -2.16. The van der Waals surface area contributed by atoms with E-state index < -0.39 is 0 Å². The number of likely N-dealkylation sites (tertiary alicyclic amines) is 1. The zero-order valence-corrected chi connectivity index (χ0v) is 13.8. The highest BCUT2D eigenvalue weighted by molar-refractivity contribution is 8.00. The first kappa shape index (κ1) is 16.0. The molecule has 3 heterocycles.